The third kappa shape index (κ3) is 20.0. The predicted molar refractivity (Wildman–Crippen MR) is 118 cm³/mol. The smallest absolute Gasteiger partial charge is 0.292 e. The number of unbranched alkanes of at least 4 members (excludes halogenated alkanes) is 11. The first kappa shape index (κ1) is 25.7. The standard InChI is InChI=1S/C23H48O2Si/c1-6-19-22(2)20-17-15-13-11-9-7-8-10-12-14-16-18-21-23(24)25-26(3,4)5/h22H,6-21H2,1-5H3. The number of rotatable bonds is 18. The molecule has 0 aromatic heterocycles. The van der Waals surface area contributed by atoms with Gasteiger partial charge in [0.2, 0.25) is 8.32 Å². The van der Waals surface area contributed by atoms with Crippen molar-refractivity contribution >= 4 is 14.3 Å². The Labute approximate surface area is 166 Å². The molecule has 0 fully saturated rings. The lowest BCUT2D eigenvalue weighted by Gasteiger charge is -2.17. The van der Waals surface area contributed by atoms with E-state index < -0.39 is 8.32 Å². The molecular weight excluding hydrogens is 336 g/mol. The van der Waals surface area contributed by atoms with Crippen LogP contribution in [0.15, 0.2) is 0 Å². The monoisotopic (exact) mass is 384 g/mol. The van der Waals surface area contributed by atoms with Crippen LogP contribution in [0.3, 0.4) is 0 Å². The zero-order valence-corrected chi connectivity index (χ0v) is 19.7. The molecular formula is C23H48O2Si. The minimum absolute atomic E-state index is 0.0176. The molecule has 26 heavy (non-hydrogen) atoms. The van der Waals surface area contributed by atoms with Gasteiger partial charge in [-0.05, 0) is 32.0 Å². The summed E-state index contributed by atoms with van der Waals surface area (Å²) in [6.07, 6.45) is 20.9. The van der Waals surface area contributed by atoms with Gasteiger partial charge in [-0.3, -0.25) is 4.79 Å². The average Bonchev–Trinajstić information content (AvgIpc) is 2.53. The van der Waals surface area contributed by atoms with Crippen molar-refractivity contribution in [2.75, 3.05) is 0 Å². The van der Waals surface area contributed by atoms with Crippen LogP contribution in [0.4, 0.5) is 0 Å². The van der Waals surface area contributed by atoms with Crippen molar-refractivity contribution in [3.05, 3.63) is 0 Å². The first-order chi connectivity index (χ1) is 12.3. The predicted octanol–water partition coefficient (Wildman–Crippen LogP) is 8.26. The summed E-state index contributed by atoms with van der Waals surface area (Å²) in [6, 6.07) is 0. The zero-order chi connectivity index (χ0) is 19.7. The summed E-state index contributed by atoms with van der Waals surface area (Å²) in [5.41, 5.74) is 0. The number of hydrogen-bond donors (Lipinski definition) is 0. The average molecular weight is 385 g/mol. The Hall–Kier alpha value is -0.313. The van der Waals surface area contributed by atoms with E-state index in [1.165, 1.54) is 89.9 Å². The molecule has 0 N–H and O–H groups in total. The van der Waals surface area contributed by atoms with Gasteiger partial charge in [-0.15, -0.1) is 0 Å². The molecule has 0 saturated heterocycles. The van der Waals surface area contributed by atoms with Gasteiger partial charge < -0.3 is 4.43 Å². The topological polar surface area (TPSA) is 26.3 Å². The van der Waals surface area contributed by atoms with E-state index in [4.69, 9.17) is 4.43 Å². The van der Waals surface area contributed by atoms with E-state index in [1.807, 2.05) is 0 Å². The van der Waals surface area contributed by atoms with Gasteiger partial charge >= 0.3 is 0 Å². The van der Waals surface area contributed by atoms with Gasteiger partial charge in [0.1, 0.15) is 0 Å². The molecule has 0 heterocycles. The van der Waals surface area contributed by atoms with Crippen molar-refractivity contribution in [2.24, 2.45) is 5.92 Å². The van der Waals surface area contributed by atoms with Crippen molar-refractivity contribution in [3.8, 4) is 0 Å². The highest BCUT2D eigenvalue weighted by Crippen LogP contribution is 2.17. The Morgan fingerprint density at radius 2 is 1.15 bits per heavy atom. The summed E-state index contributed by atoms with van der Waals surface area (Å²) in [7, 11) is -1.68. The van der Waals surface area contributed by atoms with Gasteiger partial charge in [0.15, 0.2) is 0 Å². The second-order valence-electron chi connectivity index (χ2n) is 9.26. The van der Waals surface area contributed by atoms with Gasteiger partial charge in [-0.25, -0.2) is 0 Å². The molecule has 156 valence electrons. The van der Waals surface area contributed by atoms with Gasteiger partial charge in [-0.2, -0.15) is 0 Å². The lowest BCUT2D eigenvalue weighted by atomic mass is 9.98. The summed E-state index contributed by atoms with van der Waals surface area (Å²) in [4.78, 5) is 11.6. The minimum Gasteiger partial charge on any atom is -0.520 e. The van der Waals surface area contributed by atoms with Crippen molar-refractivity contribution in [2.45, 2.75) is 136 Å². The number of hydrogen-bond acceptors (Lipinski definition) is 2. The summed E-state index contributed by atoms with van der Waals surface area (Å²) in [5, 5.41) is 0. The Kier molecular flexibility index (Phi) is 16.6. The fourth-order valence-corrected chi connectivity index (χ4v) is 4.34. The zero-order valence-electron chi connectivity index (χ0n) is 18.7. The third-order valence-corrected chi connectivity index (χ3v) is 5.87. The normalized spacial score (nSPS) is 13.0. The van der Waals surface area contributed by atoms with Gasteiger partial charge in [0.05, 0.1) is 0 Å². The maximum Gasteiger partial charge on any atom is 0.292 e. The van der Waals surface area contributed by atoms with Gasteiger partial charge in [0.25, 0.3) is 5.97 Å². The summed E-state index contributed by atoms with van der Waals surface area (Å²) < 4.78 is 5.47. The Morgan fingerprint density at radius 3 is 1.58 bits per heavy atom. The maximum atomic E-state index is 11.6. The lowest BCUT2D eigenvalue weighted by molar-refractivity contribution is -0.135. The number of carbonyl (C=O) groups excluding carboxylic acids is 1. The van der Waals surface area contributed by atoms with E-state index in [9.17, 15) is 4.79 Å². The molecule has 0 aromatic rings. The molecule has 0 aliphatic carbocycles. The van der Waals surface area contributed by atoms with E-state index >= 15 is 0 Å². The van der Waals surface area contributed by atoms with Crippen molar-refractivity contribution in [1.82, 2.24) is 0 Å². The minimum atomic E-state index is -1.68. The van der Waals surface area contributed by atoms with Crippen molar-refractivity contribution in [3.63, 3.8) is 0 Å². The highest BCUT2D eigenvalue weighted by atomic mass is 28.4. The summed E-state index contributed by atoms with van der Waals surface area (Å²) in [6.45, 7) is 10.9. The van der Waals surface area contributed by atoms with Crippen LogP contribution in [-0.2, 0) is 9.22 Å². The first-order valence-corrected chi connectivity index (χ1v) is 15.0. The van der Waals surface area contributed by atoms with Crippen LogP contribution < -0.4 is 0 Å². The highest BCUT2D eigenvalue weighted by molar-refractivity contribution is 6.71. The van der Waals surface area contributed by atoms with Crippen LogP contribution in [0, 0.1) is 5.92 Å². The molecule has 0 radical (unpaired) electrons. The van der Waals surface area contributed by atoms with Crippen molar-refractivity contribution < 1.29 is 9.22 Å². The molecule has 0 saturated carbocycles. The van der Waals surface area contributed by atoms with E-state index in [0.717, 1.165) is 12.3 Å². The second kappa shape index (κ2) is 16.8. The summed E-state index contributed by atoms with van der Waals surface area (Å²) in [5.74, 6) is 0.954. The van der Waals surface area contributed by atoms with Gasteiger partial charge in [0, 0.05) is 6.42 Å². The van der Waals surface area contributed by atoms with E-state index in [2.05, 4.69) is 33.5 Å². The van der Waals surface area contributed by atoms with Crippen LogP contribution in [0.25, 0.3) is 0 Å². The molecule has 0 spiro atoms. The lowest BCUT2D eigenvalue weighted by Crippen LogP contribution is -2.28. The SMILES string of the molecule is CCCC(C)CCCCCCCCCCCCCCC(=O)O[Si](C)(C)C. The quantitative estimate of drug-likeness (QED) is 0.175. The van der Waals surface area contributed by atoms with Crippen LogP contribution in [-0.4, -0.2) is 14.3 Å². The molecule has 1 unspecified atom stereocenters. The Morgan fingerprint density at radius 1 is 0.731 bits per heavy atom. The van der Waals surface area contributed by atoms with E-state index in [1.54, 1.807) is 0 Å². The van der Waals surface area contributed by atoms with Crippen molar-refractivity contribution in [1.29, 1.82) is 0 Å². The molecule has 1 atom stereocenters. The molecule has 0 aliphatic heterocycles. The Balaban J connectivity index is 3.19. The first-order valence-electron chi connectivity index (χ1n) is 11.6. The molecule has 3 heteroatoms. The second-order valence-corrected chi connectivity index (χ2v) is 13.7. The molecule has 0 bridgehead atoms. The highest BCUT2D eigenvalue weighted by Gasteiger charge is 2.19. The molecule has 0 amide bonds. The molecule has 0 aliphatic rings. The molecule has 0 aromatic carbocycles. The van der Waals surface area contributed by atoms with Crippen LogP contribution in [0.5, 0.6) is 0 Å². The molecule has 2 nitrogen and oxygen atoms in total. The summed E-state index contributed by atoms with van der Waals surface area (Å²) >= 11 is 0. The van der Waals surface area contributed by atoms with Crippen LogP contribution in [0.2, 0.25) is 19.6 Å². The Bertz CT molecular complexity index is 323. The van der Waals surface area contributed by atoms with Gasteiger partial charge in [-0.1, -0.05) is 104 Å². The largest absolute Gasteiger partial charge is 0.520 e. The van der Waals surface area contributed by atoms with E-state index in [0.29, 0.717) is 6.42 Å². The van der Waals surface area contributed by atoms with Crippen LogP contribution >= 0.6 is 0 Å². The molecule has 0 rings (SSSR count). The van der Waals surface area contributed by atoms with E-state index in [-0.39, 0.29) is 5.97 Å². The number of carbonyl (C=O) groups is 1. The maximum absolute atomic E-state index is 11.6. The van der Waals surface area contributed by atoms with Crippen LogP contribution in [0.1, 0.15) is 117 Å². The third-order valence-electron chi connectivity index (χ3n) is 5.03. The fourth-order valence-electron chi connectivity index (χ4n) is 3.56. The fraction of sp³-hybridized carbons (Fsp3) is 0.957.